The molecule has 0 radical (unpaired) electrons. The predicted octanol–water partition coefficient (Wildman–Crippen LogP) is 1.34. The van der Waals surface area contributed by atoms with E-state index in [4.69, 9.17) is 10.5 Å². The fourth-order valence-corrected chi connectivity index (χ4v) is 1.70. The number of rotatable bonds is 8. The Kier molecular flexibility index (Phi) is 10.6. The van der Waals surface area contributed by atoms with E-state index < -0.39 is 6.10 Å². The van der Waals surface area contributed by atoms with E-state index in [1.54, 1.807) is 0 Å². The van der Waals surface area contributed by atoms with Crippen molar-refractivity contribution in [3.63, 3.8) is 0 Å². The topological polar surface area (TPSA) is 79.9 Å². The molecule has 1 fully saturated rings. The quantitative estimate of drug-likeness (QED) is 0.335. The van der Waals surface area contributed by atoms with Crippen LogP contribution in [0, 0.1) is 11.8 Å². The van der Waals surface area contributed by atoms with E-state index in [0.29, 0.717) is 31.6 Å². The molecule has 114 valence electrons. The third-order valence-electron chi connectivity index (χ3n) is 3.03. The number of hydrogen-bond acceptors (Lipinski definition) is 3. The molecule has 5 nitrogen and oxygen atoms in total. The first-order valence-electron chi connectivity index (χ1n) is 6.87. The normalized spacial score (nSPS) is 17.8. The van der Waals surface area contributed by atoms with Gasteiger partial charge in [0.2, 0.25) is 0 Å². The molecule has 0 aromatic rings. The van der Waals surface area contributed by atoms with Crippen molar-refractivity contribution in [1.29, 1.82) is 0 Å². The summed E-state index contributed by atoms with van der Waals surface area (Å²) in [5.74, 6) is 1.65. The maximum Gasteiger partial charge on any atom is 0.188 e. The zero-order valence-electron chi connectivity index (χ0n) is 12.0. The van der Waals surface area contributed by atoms with Crippen LogP contribution in [0.4, 0.5) is 0 Å². The zero-order chi connectivity index (χ0) is 13.4. The Balaban J connectivity index is 0.00000324. The van der Waals surface area contributed by atoms with Gasteiger partial charge in [0.15, 0.2) is 5.96 Å². The van der Waals surface area contributed by atoms with Crippen LogP contribution in [-0.2, 0) is 4.74 Å². The van der Waals surface area contributed by atoms with Crippen molar-refractivity contribution in [2.45, 2.75) is 39.2 Å². The number of aliphatic hydroxyl groups excluding tert-OH is 1. The number of aliphatic imine (C=N–C) groups is 1. The Hall–Kier alpha value is -0.0800. The number of halogens is 1. The Morgan fingerprint density at radius 1 is 1.42 bits per heavy atom. The summed E-state index contributed by atoms with van der Waals surface area (Å²) < 4.78 is 5.33. The highest BCUT2D eigenvalue weighted by Gasteiger charge is 2.16. The van der Waals surface area contributed by atoms with Crippen LogP contribution in [0.5, 0.6) is 0 Å². The molecule has 6 heteroatoms. The second-order valence-corrected chi connectivity index (χ2v) is 5.49. The second-order valence-electron chi connectivity index (χ2n) is 5.49. The van der Waals surface area contributed by atoms with Gasteiger partial charge in [-0.2, -0.15) is 0 Å². The van der Waals surface area contributed by atoms with Crippen molar-refractivity contribution in [3.05, 3.63) is 0 Å². The summed E-state index contributed by atoms with van der Waals surface area (Å²) in [5, 5.41) is 12.7. The number of aliphatic hydroxyl groups is 1. The van der Waals surface area contributed by atoms with Crippen LogP contribution >= 0.6 is 24.0 Å². The van der Waals surface area contributed by atoms with Gasteiger partial charge in [-0.25, -0.2) is 0 Å². The van der Waals surface area contributed by atoms with Gasteiger partial charge in [-0.1, -0.05) is 20.3 Å². The van der Waals surface area contributed by atoms with Gasteiger partial charge in [0, 0.05) is 13.2 Å². The van der Waals surface area contributed by atoms with Crippen molar-refractivity contribution in [3.8, 4) is 0 Å². The highest BCUT2D eigenvalue weighted by Crippen LogP contribution is 2.24. The highest BCUT2D eigenvalue weighted by molar-refractivity contribution is 14.0. The molecule has 1 saturated carbocycles. The molecule has 19 heavy (non-hydrogen) atoms. The minimum absolute atomic E-state index is 0. The molecule has 1 atom stereocenters. The van der Waals surface area contributed by atoms with Crippen LogP contribution in [0.15, 0.2) is 4.99 Å². The molecule has 1 aliphatic carbocycles. The molecule has 0 aliphatic heterocycles. The Labute approximate surface area is 133 Å². The maximum absolute atomic E-state index is 9.63. The monoisotopic (exact) mass is 385 g/mol. The van der Waals surface area contributed by atoms with Gasteiger partial charge in [-0.15, -0.1) is 24.0 Å². The Morgan fingerprint density at radius 2 is 2.11 bits per heavy atom. The molecule has 0 spiro atoms. The van der Waals surface area contributed by atoms with Crippen molar-refractivity contribution in [1.82, 2.24) is 5.32 Å². The molecular weight excluding hydrogens is 357 g/mol. The molecule has 0 bridgehead atoms. The fourth-order valence-electron chi connectivity index (χ4n) is 1.70. The summed E-state index contributed by atoms with van der Waals surface area (Å²) in [6.45, 7) is 6.32. The Morgan fingerprint density at radius 3 is 2.63 bits per heavy atom. The predicted molar refractivity (Wildman–Crippen MR) is 88.9 cm³/mol. The highest BCUT2D eigenvalue weighted by atomic mass is 127. The molecule has 0 aromatic heterocycles. The van der Waals surface area contributed by atoms with Gasteiger partial charge < -0.3 is 20.9 Å². The van der Waals surface area contributed by atoms with Crippen LogP contribution in [0.25, 0.3) is 0 Å². The second kappa shape index (κ2) is 10.7. The minimum atomic E-state index is -0.576. The number of hydrogen-bond donors (Lipinski definition) is 3. The van der Waals surface area contributed by atoms with Crippen molar-refractivity contribution in [2.24, 2.45) is 22.6 Å². The van der Waals surface area contributed by atoms with Gasteiger partial charge in [0.05, 0.1) is 19.3 Å². The lowest BCUT2D eigenvalue weighted by Gasteiger charge is -2.25. The number of nitrogens with two attached hydrogens (primary N) is 1. The van der Waals surface area contributed by atoms with Gasteiger partial charge in [0.1, 0.15) is 0 Å². The molecule has 1 aliphatic rings. The van der Waals surface area contributed by atoms with E-state index in [9.17, 15) is 5.11 Å². The summed E-state index contributed by atoms with van der Waals surface area (Å²) in [5.41, 5.74) is 5.71. The van der Waals surface area contributed by atoms with E-state index in [1.807, 2.05) is 0 Å². The smallest absolute Gasteiger partial charge is 0.188 e. The van der Waals surface area contributed by atoms with Crippen molar-refractivity contribution >= 4 is 29.9 Å². The molecule has 1 rings (SSSR count). The van der Waals surface area contributed by atoms with E-state index in [0.717, 1.165) is 12.5 Å². The average Bonchev–Trinajstić information content (AvgIpc) is 2.23. The van der Waals surface area contributed by atoms with Crippen LogP contribution in [0.2, 0.25) is 0 Å². The summed E-state index contributed by atoms with van der Waals surface area (Å²) >= 11 is 0. The lowest BCUT2D eigenvalue weighted by molar-refractivity contribution is 0.0301. The first-order valence-corrected chi connectivity index (χ1v) is 6.87. The fraction of sp³-hybridized carbons (Fsp3) is 0.923. The number of guanidine groups is 1. The molecule has 4 N–H and O–H groups in total. The van der Waals surface area contributed by atoms with Crippen molar-refractivity contribution < 1.29 is 9.84 Å². The Bertz CT molecular complexity index is 258. The molecular formula is C13H28IN3O2. The standard InChI is InChI=1S/C13H27N3O2.HI/c1-10(2)8-18-9-12(17)7-16-13(14)15-6-11-4-3-5-11;/h10-12,17H,3-9H2,1-2H3,(H3,14,15,16);1H. The molecule has 0 aromatic carbocycles. The van der Waals surface area contributed by atoms with E-state index in [-0.39, 0.29) is 24.0 Å². The molecule has 0 heterocycles. The van der Waals surface area contributed by atoms with Crippen LogP contribution < -0.4 is 11.1 Å². The summed E-state index contributed by atoms with van der Waals surface area (Å²) in [6.07, 6.45) is 3.32. The van der Waals surface area contributed by atoms with Gasteiger partial charge in [0.25, 0.3) is 0 Å². The SMILES string of the molecule is CC(C)COCC(O)CN=C(N)NCC1CCC1.I. The number of nitrogens with one attached hydrogen (secondary N) is 1. The van der Waals surface area contributed by atoms with Gasteiger partial charge in [-0.05, 0) is 24.7 Å². The van der Waals surface area contributed by atoms with Crippen LogP contribution in [-0.4, -0.2) is 43.5 Å². The molecule has 0 saturated heterocycles. The number of nitrogens with zero attached hydrogens (tertiary/aromatic N) is 1. The average molecular weight is 385 g/mol. The first-order chi connectivity index (χ1) is 8.58. The van der Waals surface area contributed by atoms with Gasteiger partial charge in [-0.3, -0.25) is 4.99 Å². The van der Waals surface area contributed by atoms with Crippen LogP contribution in [0.1, 0.15) is 33.1 Å². The third-order valence-corrected chi connectivity index (χ3v) is 3.03. The first kappa shape index (κ1) is 18.9. The molecule has 0 amide bonds. The lowest BCUT2D eigenvalue weighted by atomic mass is 9.85. The minimum Gasteiger partial charge on any atom is -0.389 e. The number of ether oxygens (including phenoxy) is 1. The largest absolute Gasteiger partial charge is 0.389 e. The van der Waals surface area contributed by atoms with Crippen molar-refractivity contribution in [2.75, 3.05) is 26.3 Å². The summed E-state index contributed by atoms with van der Waals surface area (Å²) in [7, 11) is 0. The lowest BCUT2D eigenvalue weighted by Crippen LogP contribution is -2.38. The maximum atomic E-state index is 9.63. The van der Waals surface area contributed by atoms with Gasteiger partial charge >= 0.3 is 0 Å². The zero-order valence-corrected chi connectivity index (χ0v) is 14.3. The van der Waals surface area contributed by atoms with Crippen LogP contribution in [0.3, 0.4) is 0 Å². The van der Waals surface area contributed by atoms with E-state index >= 15 is 0 Å². The molecule has 1 unspecified atom stereocenters. The summed E-state index contributed by atoms with van der Waals surface area (Å²) in [4.78, 5) is 4.11. The van der Waals surface area contributed by atoms with E-state index in [1.165, 1.54) is 19.3 Å². The van der Waals surface area contributed by atoms with E-state index in [2.05, 4.69) is 24.2 Å². The third kappa shape index (κ3) is 9.45. The summed E-state index contributed by atoms with van der Waals surface area (Å²) in [6, 6.07) is 0.